The Morgan fingerprint density at radius 3 is 2.85 bits per heavy atom. The maximum Gasteiger partial charge on any atom is 0.0651 e. The van der Waals surface area contributed by atoms with Gasteiger partial charge in [0.1, 0.15) is 0 Å². The summed E-state index contributed by atoms with van der Waals surface area (Å²) >= 11 is 0. The summed E-state index contributed by atoms with van der Waals surface area (Å²) in [4.78, 5) is 2.27. The van der Waals surface area contributed by atoms with Crippen LogP contribution in [0.5, 0.6) is 0 Å². The normalized spacial score (nSPS) is 29.1. The van der Waals surface area contributed by atoms with Crippen LogP contribution in [0.1, 0.15) is 19.8 Å². The summed E-state index contributed by atoms with van der Waals surface area (Å²) in [6.07, 6.45) is 4.03. The average molecular weight is 181 g/mol. The zero-order chi connectivity index (χ0) is 9.90. The number of rotatable bonds is 4. The SMILES string of the molecule is C=C[C@]1(CO)CCCN1CC(=C)C. The van der Waals surface area contributed by atoms with E-state index in [1.807, 2.05) is 13.0 Å². The summed E-state index contributed by atoms with van der Waals surface area (Å²) in [6.45, 7) is 11.8. The third-order valence-electron chi connectivity index (χ3n) is 2.78. The van der Waals surface area contributed by atoms with Gasteiger partial charge < -0.3 is 5.11 Å². The molecule has 2 heteroatoms. The van der Waals surface area contributed by atoms with Crippen LogP contribution in [-0.4, -0.2) is 35.2 Å². The molecule has 1 N–H and O–H groups in total. The summed E-state index contributed by atoms with van der Waals surface area (Å²) < 4.78 is 0. The zero-order valence-electron chi connectivity index (χ0n) is 8.42. The average Bonchev–Trinajstić information content (AvgIpc) is 2.48. The van der Waals surface area contributed by atoms with E-state index < -0.39 is 0 Å². The molecule has 74 valence electrons. The number of hydrogen-bond donors (Lipinski definition) is 1. The number of aliphatic hydroxyl groups is 1. The molecule has 0 aromatic heterocycles. The highest BCUT2D eigenvalue weighted by atomic mass is 16.3. The Bertz CT molecular complexity index is 212. The topological polar surface area (TPSA) is 23.5 Å². The van der Waals surface area contributed by atoms with Crippen molar-refractivity contribution in [2.45, 2.75) is 25.3 Å². The quantitative estimate of drug-likeness (QED) is 0.666. The number of hydrogen-bond acceptors (Lipinski definition) is 2. The fourth-order valence-electron chi connectivity index (χ4n) is 1.99. The van der Waals surface area contributed by atoms with E-state index in [4.69, 9.17) is 0 Å². The van der Waals surface area contributed by atoms with E-state index in [2.05, 4.69) is 18.1 Å². The fourth-order valence-corrected chi connectivity index (χ4v) is 1.99. The molecule has 1 rings (SSSR count). The van der Waals surface area contributed by atoms with Crippen LogP contribution >= 0.6 is 0 Å². The van der Waals surface area contributed by atoms with Gasteiger partial charge in [0.2, 0.25) is 0 Å². The largest absolute Gasteiger partial charge is 0.394 e. The van der Waals surface area contributed by atoms with Crippen molar-refractivity contribution in [3.05, 3.63) is 24.8 Å². The van der Waals surface area contributed by atoms with E-state index in [0.29, 0.717) is 0 Å². The van der Waals surface area contributed by atoms with Crippen molar-refractivity contribution in [3.8, 4) is 0 Å². The van der Waals surface area contributed by atoms with Gasteiger partial charge in [-0.2, -0.15) is 0 Å². The van der Waals surface area contributed by atoms with Crippen LogP contribution in [0.4, 0.5) is 0 Å². The van der Waals surface area contributed by atoms with Gasteiger partial charge in [-0.15, -0.1) is 6.58 Å². The van der Waals surface area contributed by atoms with E-state index in [0.717, 1.165) is 31.5 Å². The minimum Gasteiger partial charge on any atom is -0.394 e. The third kappa shape index (κ3) is 2.01. The second kappa shape index (κ2) is 4.07. The van der Waals surface area contributed by atoms with Crippen LogP contribution in [0.3, 0.4) is 0 Å². The van der Waals surface area contributed by atoms with E-state index in [1.165, 1.54) is 0 Å². The molecule has 1 saturated heterocycles. The predicted molar refractivity (Wildman–Crippen MR) is 55.6 cm³/mol. The van der Waals surface area contributed by atoms with Gasteiger partial charge in [-0.3, -0.25) is 4.90 Å². The second-order valence-corrected chi connectivity index (χ2v) is 3.95. The van der Waals surface area contributed by atoms with Crippen molar-refractivity contribution in [2.75, 3.05) is 19.7 Å². The van der Waals surface area contributed by atoms with E-state index in [-0.39, 0.29) is 12.1 Å². The number of likely N-dealkylation sites (tertiary alicyclic amines) is 1. The predicted octanol–water partition coefficient (Wildman–Crippen LogP) is 1.58. The minimum absolute atomic E-state index is 0.170. The summed E-state index contributed by atoms with van der Waals surface area (Å²) in [5.41, 5.74) is 0.959. The first-order valence-corrected chi connectivity index (χ1v) is 4.78. The molecule has 2 nitrogen and oxygen atoms in total. The number of aliphatic hydroxyl groups excluding tert-OH is 1. The molecule has 1 aliphatic rings. The Morgan fingerprint density at radius 1 is 1.69 bits per heavy atom. The van der Waals surface area contributed by atoms with Crippen molar-refractivity contribution in [1.29, 1.82) is 0 Å². The molecular weight excluding hydrogens is 162 g/mol. The highest BCUT2D eigenvalue weighted by Crippen LogP contribution is 2.30. The molecule has 0 unspecified atom stereocenters. The first kappa shape index (κ1) is 10.5. The monoisotopic (exact) mass is 181 g/mol. The maximum absolute atomic E-state index is 9.36. The van der Waals surface area contributed by atoms with Crippen molar-refractivity contribution in [3.63, 3.8) is 0 Å². The molecule has 0 saturated carbocycles. The van der Waals surface area contributed by atoms with Crippen LogP contribution in [-0.2, 0) is 0 Å². The smallest absolute Gasteiger partial charge is 0.0651 e. The van der Waals surface area contributed by atoms with Gasteiger partial charge in [-0.1, -0.05) is 18.2 Å². The lowest BCUT2D eigenvalue weighted by Crippen LogP contribution is -2.45. The summed E-state index contributed by atoms with van der Waals surface area (Å²) in [5.74, 6) is 0. The Labute approximate surface area is 80.6 Å². The lowest BCUT2D eigenvalue weighted by Gasteiger charge is -2.34. The summed E-state index contributed by atoms with van der Waals surface area (Å²) in [7, 11) is 0. The molecule has 0 aromatic carbocycles. The van der Waals surface area contributed by atoms with E-state index >= 15 is 0 Å². The molecule has 1 fully saturated rings. The van der Waals surface area contributed by atoms with Gasteiger partial charge in [0.05, 0.1) is 12.1 Å². The van der Waals surface area contributed by atoms with Gasteiger partial charge in [0.25, 0.3) is 0 Å². The van der Waals surface area contributed by atoms with Crippen LogP contribution in [0.15, 0.2) is 24.8 Å². The lowest BCUT2D eigenvalue weighted by atomic mass is 9.97. The summed E-state index contributed by atoms with van der Waals surface area (Å²) in [5, 5.41) is 9.36. The van der Waals surface area contributed by atoms with Crippen LogP contribution < -0.4 is 0 Å². The first-order chi connectivity index (χ1) is 6.14. The number of nitrogens with zero attached hydrogens (tertiary/aromatic N) is 1. The van der Waals surface area contributed by atoms with Gasteiger partial charge in [0, 0.05) is 6.54 Å². The Morgan fingerprint density at radius 2 is 2.38 bits per heavy atom. The standard InChI is InChI=1S/C11H19NO/c1-4-11(9-13)6-5-7-12(11)8-10(2)3/h4,13H,1-2,5-9H2,3H3/t11-/m1/s1. The zero-order valence-corrected chi connectivity index (χ0v) is 8.42. The van der Waals surface area contributed by atoms with Crippen LogP contribution in [0.2, 0.25) is 0 Å². The highest BCUT2D eigenvalue weighted by molar-refractivity contribution is 5.10. The molecule has 1 atom stereocenters. The van der Waals surface area contributed by atoms with E-state index in [9.17, 15) is 5.11 Å². The van der Waals surface area contributed by atoms with Gasteiger partial charge in [-0.25, -0.2) is 0 Å². The van der Waals surface area contributed by atoms with Crippen molar-refractivity contribution >= 4 is 0 Å². The van der Waals surface area contributed by atoms with E-state index in [1.54, 1.807) is 0 Å². The minimum atomic E-state index is -0.182. The van der Waals surface area contributed by atoms with Gasteiger partial charge in [-0.05, 0) is 26.3 Å². The maximum atomic E-state index is 9.36. The Balaban J connectivity index is 2.71. The van der Waals surface area contributed by atoms with Crippen LogP contribution in [0.25, 0.3) is 0 Å². The molecule has 1 aliphatic heterocycles. The molecule has 0 amide bonds. The highest BCUT2D eigenvalue weighted by Gasteiger charge is 2.37. The van der Waals surface area contributed by atoms with Crippen molar-refractivity contribution < 1.29 is 5.11 Å². The molecule has 0 radical (unpaired) electrons. The van der Waals surface area contributed by atoms with Gasteiger partial charge >= 0.3 is 0 Å². The lowest BCUT2D eigenvalue weighted by molar-refractivity contribution is 0.110. The molecule has 0 aliphatic carbocycles. The third-order valence-corrected chi connectivity index (χ3v) is 2.78. The van der Waals surface area contributed by atoms with Crippen molar-refractivity contribution in [1.82, 2.24) is 4.90 Å². The van der Waals surface area contributed by atoms with Gasteiger partial charge in [0.15, 0.2) is 0 Å². The molecule has 0 aromatic rings. The van der Waals surface area contributed by atoms with Crippen LogP contribution in [0, 0.1) is 0 Å². The molecule has 0 spiro atoms. The molecule has 0 bridgehead atoms. The first-order valence-electron chi connectivity index (χ1n) is 4.78. The molecule has 1 heterocycles. The second-order valence-electron chi connectivity index (χ2n) is 3.95. The Hall–Kier alpha value is -0.600. The Kier molecular flexibility index (Phi) is 3.28. The van der Waals surface area contributed by atoms with Crippen molar-refractivity contribution in [2.24, 2.45) is 0 Å². The fraction of sp³-hybridized carbons (Fsp3) is 0.636. The summed E-state index contributed by atoms with van der Waals surface area (Å²) in [6, 6.07) is 0. The molecular formula is C11H19NO. The molecule has 13 heavy (non-hydrogen) atoms.